The molecule has 21 heavy (non-hydrogen) atoms. The first-order valence-corrected chi connectivity index (χ1v) is 6.89. The summed E-state index contributed by atoms with van der Waals surface area (Å²) in [7, 11) is 0. The second kappa shape index (κ2) is 5.95. The van der Waals surface area contributed by atoms with E-state index in [0.29, 0.717) is 5.56 Å². The highest BCUT2D eigenvalue weighted by molar-refractivity contribution is 5.67. The zero-order chi connectivity index (χ0) is 15.6. The van der Waals surface area contributed by atoms with Gasteiger partial charge in [0.05, 0.1) is 0 Å². The smallest absolute Gasteiger partial charge is 0.303 e. The van der Waals surface area contributed by atoms with Crippen LogP contribution >= 0.6 is 0 Å². The van der Waals surface area contributed by atoms with Gasteiger partial charge in [-0.05, 0) is 50.5 Å². The predicted octanol–water partition coefficient (Wildman–Crippen LogP) is 2.78. The van der Waals surface area contributed by atoms with Crippen molar-refractivity contribution >= 4 is 5.97 Å². The van der Waals surface area contributed by atoms with Gasteiger partial charge in [0, 0.05) is 35.6 Å². The van der Waals surface area contributed by atoms with E-state index in [1.165, 1.54) is 0 Å². The molecule has 0 saturated heterocycles. The molecule has 0 unspecified atom stereocenters. The van der Waals surface area contributed by atoms with Gasteiger partial charge in [0.2, 0.25) is 0 Å². The van der Waals surface area contributed by atoms with E-state index in [1.807, 2.05) is 37.5 Å². The Bertz CT molecular complexity index is 724. The first-order valence-electron chi connectivity index (χ1n) is 6.89. The van der Waals surface area contributed by atoms with Gasteiger partial charge >= 0.3 is 5.97 Å². The molecule has 2 rings (SSSR count). The van der Waals surface area contributed by atoms with Gasteiger partial charge < -0.3 is 9.67 Å². The van der Waals surface area contributed by atoms with Gasteiger partial charge in [0.15, 0.2) is 5.43 Å². The first-order chi connectivity index (χ1) is 9.86. The van der Waals surface area contributed by atoms with Crippen LogP contribution < -0.4 is 5.43 Å². The lowest BCUT2D eigenvalue weighted by atomic mass is 10.1. The van der Waals surface area contributed by atoms with E-state index in [9.17, 15) is 9.59 Å². The monoisotopic (exact) mass is 285 g/mol. The summed E-state index contributed by atoms with van der Waals surface area (Å²) in [6.07, 6.45) is 1.97. The van der Waals surface area contributed by atoms with Gasteiger partial charge in [-0.15, -0.1) is 0 Å². The van der Waals surface area contributed by atoms with Crippen LogP contribution in [-0.4, -0.2) is 15.6 Å². The number of rotatable bonds is 4. The number of carbonyl (C=O) groups is 1. The normalized spacial score (nSPS) is 10.6. The molecule has 0 aliphatic heterocycles. The Labute approximate surface area is 123 Å². The molecule has 2 aromatic rings. The van der Waals surface area contributed by atoms with E-state index in [-0.39, 0.29) is 18.3 Å². The maximum atomic E-state index is 12.0. The zero-order valence-corrected chi connectivity index (χ0v) is 12.5. The summed E-state index contributed by atoms with van der Waals surface area (Å²) in [5.41, 5.74) is 4.55. The fourth-order valence-electron chi connectivity index (χ4n) is 2.47. The van der Waals surface area contributed by atoms with Crippen molar-refractivity contribution in [3.63, 3.8) is 0 Å². The minimum atomic E-state index is -0.895. The fraction of sp³-hybridized carbons (Fsp3) is 0.294. The van der Waals surface area contributed by atoms with Crippen LogP contribution in [0.1, 0.15) is 28.8 Å². The van der Waals surface area contributed by atoms with E-state index < -0.39 is 5.97 Å². The topological polar surface area (TPSA) is 59.3 Å². The molecule has 0 radical (unpaired) electrons. The first kappa shape index (κ1) is 15.0. The number of carboxylic acid groups (broad SMARTS) is 1. The Balaban J connectivity index is 2.50. The maximum absolute atomic E-state index is 12.0. The number of hydrogen-bond donors (Lipinski definition) is 1. The van der Waals surface area contributed by atoms with Crippen LogP contribution in [0.15, 0.2) is 35.3 Å². The van der Waals surface area contributed by atoms with Crippen LogP contribution in [0.4, 0.5) is 0 Å². The van der Waals surface area contributed by atoms with E-state index >= 15 is 0 Å². The summed E-state index contributed by atoms with van der Waals surface area (Å²) < 4.78 is 1.94. The molecule has 0 saturated carbocycles. The molecule has 4 nitrogen and oxygen atoms in total. The van der Waals surface area contributed by atoms with Crippen LogP contribution in [0, 0.1) is 20.8 Å². The van der Waals surface area contributed by atoms with Crippen LogP contribution in [0.3, 0.4) is 0 Å². The number of aryl methyl sites for hydroxylation is 4. The standard InChI is InChI=1S/C17H19NO3/c1-11-6-12(2)8-15(7-11)18-10-14(4-5-17(20)21)16(19)9-13(18)3/h6-10H,4-5H2,1-3H3,(H,20,21). The van der Waals surface area contributed by atoms with Gasteiger partial charge in [-0.3, -0.25) is 9.59 Å². The summed E-state index contributed by atoms with van der Waals surface area (Å²) in [5, 5.41) is 8.77. The molecular formula is C17H19NO3. The lowest BCUT2D eigenvalue weighted by Crippen LogP contribution is -2.15. The lowest BCUT2D eigenvalue weighted by Gasteiger charge is -2.14. The van der Waals surface area contributed by atoms with E-state index in [2.05, 4.69) is 6.07 Å². The number of benzene rings is 1. The summed E-state index contributed by atoms with van der Waals surface area (Å²) in [6, 6.07) is 7.75. The second-order valence-corrected chi connectivity index (χ2v) is 5.41. The van der Waals surface area contributed by atoms with E-state index in [4.69, 9.17) is 5.11 Å². The van der Waals surface area contributed by atoms with E-state index in [1.54, 1.807) is 12.3 Å². The van der Waals surface area contributed by atoms with Crippen LogP contribution in [-0.2, 0) is 11.2 Å². The van der Waals surface area contributed by atoms with Crippen molar-refractivity contribution in [3.8, 4) is 5.69 Å². The quantitative estimate of drug-likeness (QED) is 0.939. The summed E-state index contributed by atoms with van der Waals surface area (Å²) in [4.78, 5) is 22.6. The third-order valence-corrected chi connectivity index (χ3v) is 3.41. The number of nitrogens with zero attached hydrogens (tertiary/aromatic N) is 1. The molecule has 1 aromatic carbocycles. The average molecular weight is 285 g/mol. The highest BCUT2D eigenvalue weighted by Crippen LogP contribution is 2.16. The van der Waals surface area contributed by atoms with Crippen molar-refractivity contribution in [1.82, 2.24) is 4.57 Å². The van der Waals surface area contributed by atoms with Crippen molar-refractivity contribution < 1.29 is 9.90 Å². The van der Waals surface area contributed by atoms with Crippen LogP contribution in [0.25, 0.3) is 5.69 Å². The van der Waals surface area contributed by atoms with E-state index in [0.717, 1.165) is 22.5 Å². The third kappa shape index (κ3) is 3.60. The van der Waals surface area contributed by atoms with Crippen LogP contribution in [0.5, 0.6) is 0 Å². The summed E-state index contributed by atoms with van der Waals surface area (Å²) >= 11 is 0. The minimum Gasteiger partial charge on any atom is -0.481 e. The Morgan fingerprint density at radius 1 is 1.10 bits per heavy atom. The summed E-state index contributed by atoms with van der Waals surface area (Å²) in [5.74, 6) is -0.895. The highest BCUT2D eigenvalue weighted by Gasteiger charge is 2.08. The van der Waals surface area contributed by atoms with Gasteiger partial charge in [-0.25, -0.2) is 0 Å². The number of hydrogen-bond acceptors (Lipinski definition) is 2. The number of carboxylic acids is 1. The fourth-order valence-corrected chi connectivity index (χ4v) is 2.47. The Kier molecular flexibility index (Phi) is 4.26. The molecule has 0 aliphatic carbocycles. The minimum absolute atomic E-state index is 0.0366. The van der Waals surface area contributed by atoms with Gasteiger partial charge in [-0.2, -0.15) is 0 Å². The predicted molar refractivity (Wildman–Crippen MR) is 82.2 cm³/mol. The third-order valence-electron chi connectivity index (χ3n) is 3.41. The molecule has 110 valence electrons. The molecule has 0 amide bonds. The lowest BCUT2D eigenvalue weighted by molar-refractivity contribution is -0.136. The number of aliphatic carboxylic acids is 1. The molecule has 0 aliphatic rings. The van der Waals surface area contributed by atoms with Crippen molar-refractivity contribution in [2.24, 2.45) is 0 Å². The molecule has 0 spiro atoms. The van der Waals surface area contributed by atoms with Gasteiger partial charge in [0.1, 0.15) is 0 Å². The highest BCUT2D eigenvalue weighted by atomic mass is 16.4. The average Bonchev–Trinajstić information content (AvgIpc) is 2.36. The SMILES string of the molecule is Cc1cc(C)cc(-n2cc(CCC(=O)O)c(=O)cc2C)c1. The largest absolute Gasteiger partial charge is 0.481 e. The molecule has 4 heteroatoms. The molecule has 0 bridgehead atoms. The molecular weight excluding hydrogens is 266 g/mol. The van der Waals surface area contributed by atoms with Crippen molar-refractivity contribution in [1.29, 1.82) is 0 Å². The molecule has 1 heterocycles. The summed E-state index contributed by atoms with van der Waals surface area (Å²) in [6.45, 7) is 5.93. The zero-order valence-electron chi connectivity index (χ0n) is 12.5. The molecule has 1 aromatic heterocycles. The van der Waals surface area contributed by atoms with Gasteiger partial charge in [0.25, 0.3) is 0 Å². The maximum Gasteiger partial charge on any atom is 0.303 e. The molecule has 0 fully saturated rings. The Morgan fingerprint density at radius 3 is 2.29 bits per heavy atom. The molecule has 1 N–H and O–H groups in total. The molecule has 0 atom stereocenters. The van der Waals surface area contributed by atoms with Crippen molar-refractivity contribution in [2.75, 3.05) is 0 Å². The number of aromatic nitrogens is 1. The Hall–Kier alpha value is -2.36. The van der Waals surface area contributed by atoms with Crippen molar-refractivity contribution in [2.45, 2.75) is 33.6 Å². The number of pyridine rings is 1. The van der Waals surface area contributed by atoms with Gasteiger partial charge in [-0.1, -0.05) is 6.07 Å². The Morgan fingerprint density at radius 2 is 1.71 bits per heavy atom. The second-order valence-electron chi connectivity index (χ2n) is 5.41. The van der Waals surface area contributed by atoms with Crippen LogP contribution in [0.2, 0.25) is 0 Å². The van der Waals surface area contributed by atoms with Crippen molar-refractivity contribution in [3.05, 3.63) is 63.1 Å².